The Morgan fingerprint density at radius 2 is 1.79 bits per heavy atom. The first kappa shape index (κ1) is 16.8. The third kappa shape index (κ3) is 8.97. The van der Waals surface area contributed by atoms with Crippen molar-refractivity contribution < 1.29 is 39.5 Å². The molecule has 0 rings (SSSR count). The van der Waals surface area contributed by atoms with Gasteiger partial charge in [-0.25, -0.2) is 0 Å². The second kappa shape index (κ2) is 9.93. The maximum atomic E-state index is 10.3. The first-order valence-corrected chi connectivity index (χ1v) is 4.70. The summed E-state index contributed by atoms with van der Waals surface area (Å²) in [7, 11) is 2.02. The second-order valence-corrected chi connectivity index (χ2v) is 3.14. The Morgan fingerprint density at radius 1 is 1.21 bits per heavy atom. The minimum atomic E-state index is -0.999. The van der Waals surface area contributed by atoms with Crippen LogP contribution in [-0.4, -0.2) is 55.5 Å². The predicted octanol–water partition coefficient (Wildman–Crippen LogP) is -3.99. The van der Waals surface area contributed by atoms with Crippen molar-refractivity contribution in [1.82, 2.24) is 9.80 Å². The maximum absolute atomic E-state index is 10.3. The van der Waals surface area contributed by atoms with Crippen molar-refractivity contribution in [3.8, 4) is 0 Å². The summed E-state index contributed by atoms with van der Waals surface area (Å²) in [5.41, 5.74) is 0. The van der Waals surface area contributed by atoms with Crippen molar-refractivity contribution in [2.45, 2.75) is 13.8 Å². The fourth-order valence-corrected chi connectivity index (χ4v) is 1.00. The van der Waals surface area contributed by atoms with Gasteiger partial charge in [0.1, 0.15) is 0 Å². The number of hydrogen-bond donors (Lipinski definition) is 0. The molecule has 0 heterocycles. The Morgan fingerprint density at radius 3 is 2.14 bits per heavy atom. The number of nitrogens with zero attached hydrogens (tertiary/aromatic N) is 2. The molecule has 0 fully saturated rings. The molecule has 0 aliphatic heterocycles. The normalized spacial score (nSPS) is 10.4. The van der Waals surface area contributed by atoms with Crippen molar-refractivity contribution in [3.63, 3.8) is 0 Å². The van der Waals surface area contributed by atoms with Crippen LogP contribution in [0.3, 0.4) is 0 Å². The zero-order valence-electron chi connectivity index (χ0n) is 9.75. The van der Waals surface area contributed by atoms with Crippen molar-refractivity contribution in [1.29, 1.82) is 0 Å². The van der Waals surface area contributed by atoms with Crippen LogP contribution < -0.4 is 34.7 Å². The number of carboxylic acids is 1. The molecule has 78 valence electrons. The molecular formula is C9H19N2NaO2. The quantitative estimate of drug-likeness (QED) is 0.402. The Bertz CT molecular complexity index is 156. The summed E-state index contributed by atoms with van der Waals surface area (Å²) in [6.07, 6.45) is 0. The molecule has 0 spiro atoms. The number of hydrogen-bond acceptors (Lipinski definition) is 4. The third-order valence-corrected chi connectivity index (χ3v) is 2.14. The fraction of sp³-hybridized carbons (Fsp3) is 0.889. The zero-order valence-corrected chi connectivity index (χ0v) is 11.7. The molecule has 0 unspecified atom stereocenters. The fourth-order valence-electron chi connectivity index (χ4n) is 1.00. The van der Waals surface area contributed by atoms with Gasteiger partial charge in [0.2, 0.25) is 0 Å². The number of carbonyl (C=O) groups is 1. The van der Waals surface area contributed by atoms with Crippen LogP contribution in [0.1, 0.15) is 13.8 Å². The molecule has 0 N–H and O–H groups in total. The molecule has 0 bridgehead atoms. The van der Waals surface area contributed by atoms with Crippen LogP contribution in [0.4, 0.5) is 0 Å². The summed E-state index contributed by atoms with van der Waals surface area (Å²) in [4.78, 5) is 14.3. The molecule has 0 radical (unpaired) electrons. The van der Waals surface area contributed by atoms with Gasteiger partial charge in [-0.3, -0.25) is 4.90 Å². The summed E-state index contributed by atoms with van der Waals surface area (Å²) in [5.74, 6) is -0.999. The summed E-state index contributed by atoms with van der Waals surface area (Å²) in [6.45, 7) is 7.50. The SMILES string of the molecule is CCN(C)CCN(CC)CC(=O)[O-].[Na+]. The van der Waals surface area contributed by atoms with E-state index in [-0.39, 0.29) is 36.1 Å². The molecule has 0 aromatic rings. The van der Waals surface area contributed by atoms with Gasteiger partial charge in [-0.1, -0.05) is 13.8 Å². The monoisotopic (exact) mass is 210 g/mol. The molecule has 14 heavy (non-hydrogen) atoms. The van der Waals surface area contributed by atoms with E-state index in [2.05, 4.69) is 11.8 Å². The standard InChI is InChI=1S/C9H20N2O2.Na/c1-4-10(3)6-7-11(5-2)8-9(12)13;/h4-8H2,1-3H3,(H,12,13);/q;+1/p-1. The number of carbonyl (C=O) groups excluding carboxylic acids is 1. The van der Waals surface area contributed by atoms with Crippen LogP contribution in [-0.2, 0) is 4.79 Å². The zero-order chi connectivity index (χ0) is 10.3. The Labute approximate surface area is 109 Å². The van der Waals surface area contributed by atoms with Crippen LogP contribution in [0.5, 0.6) is 0 Å². The summed E-state index contributed by atoms with van der Waals surface area (Å²) >= 11 is 0. The topological polar surface area (TPSA) is 46.6 Å². The molecular weight excluding hydrogens is 191 g/mol. The molecule has 0 aromatic carbocycles. The van der Waals surface area contributed by atoms with E-state index in [0.29, 0.717) is 0 Å². The van der Waals surface area contributed by atoms with Gasteiger partial charge in [-0.2, -0.15) is 0 Å². The van der Waals surface area contributed by atoms with Gasteiger partial charge in [-0.05, 0) is 20.1 Å². The van der Waals surface area contributed by atoms with Crippen molar-refractivity contribution in [2.24, 2.45) is 0 Å². The molecule has 0 saturated carbocycles. The first-order chi connectivity index (χ1) is 6.10. The largest absolute Gasteiger partial charge is 1.00 e. The molecule has 5 heteroatoms. The Hall–Kier alpha value is 0.390. The molecule has 4 nitrogen and oxygen atoms in total. The van der Waals surface area contributed by atoms with E-state index in [1.54, 1.807) is 0 Å². The van der Waals surface area contributed by atoms with Crippen molar-refractivity contribution in [3.05, 3.63) is 0 Å². The predicted molar refractivity (Wildman–Crippen MR) is 50.3 cm³/mol. The average Bonchev–Trinajstić information content (AvgIpc) is 2.10. The summed E-state index contributed by atoms with van der Waals surface area (Å²) < 4.78 is 0. The van der Waals surface area contributed by atoms with Crippen LogP contribution in [0.15, 0.2) is 0 Å². The van der Waals surface area contributed by atoms with E-state index in [1.807, 2.05) is 18.9 Å². The van der Waals surface area contributed by atoms with E-state index in [0.717, 1.165) is 26.2 Å². The van der Waals surface area contributed by atoms with Gasteiger partial charge in [0, 0.05) is 19.6 Å². The first-order valence-electron chi connectivity index (χ1n) is 4.70. The van der Waals surface area contributed by atoms with Gasteiger partial charge >= 0.3 is 29.6 Å². The maximum Gasteiger partial charge on any atom is 1.00 e. The van der Waals surface area contributed by atoms with Gasteiger partial charge in [0.05, 0.1) is 5.97 Å². The molecule has 0 aliphatic carbocycles. The Balaban J connectivity index is 0. The van der Waals surface area contributed by atoms with E-state index < -0.39 is 5.97 Å². The molecule has 0 amide bonds. The van der Waals surface area contributed by atoms with E-state index in [1.165, 1.54) is 0 Å². The van der Waals surface area contributed by atoms with E-state index in [9.17, 15) is 9.90 Å². The molecule has 0 aliphatic rings. The van der Waals surface area contributed by atoms with E-state index >= 15 is 0 Å². The molecule has 0 atom stereocenters. The van der Waals surface area contributed by atoms with Crippen molar-refractivity contribution in [2.75, 3.05) is 39.8 Å². The average molecular weight is 210 g/mol. The Kier molecular flexibility index (Phi) is 11.9. The third-order valence-electron chi connectivity index (χ3n) is 2.14. The smallest absolute Gasteiger partial charge is 0.549 e. The summed E-state index contributed by atoms with van der Waals surface area (Å²) in [5, 5.41) is 10.3. The van der Waals surface area contributed by atoms with Crippen LogP contribution in [0.25, 0.3) is 0 Å². The van der Waals surface area contributed by atoms with Crippen LogP contribution in [0.2, 0.25) is 0 Å². The number of likely N-dealkylation sites (N-methyl/N-ethyl adjacent to an activating group) is 2. The van der Waals surface area contributed by atoms with E-state index in [4.69, 9.17) is 0 Å². The van der Waals surface area contributed by atoms with Gasteiger partial charge in [0.15, 0.2) is 0 Å². The minimum absolute atomic E-state index is 0. The minimum Gasteiger partial charge on any atom is -0.549 e. The summed E-state index contributed by atoms with van der Waals surface area (Å²) in [6, 6.07) is 0. The van der Waals surface area contributed by atoms with Crippen LogP contribution >= 0.6 is 0 Å². The molecule has 0 aromatic heterocycles. The van der Waals surface area contributed by atoms with Crippen molar-refractivity contribution >= 4 is 5.97 Å². The molecule has 0 saturated heterocycles. The number of aliphatic carboxylic acids is 1. The number of carboxylic acid groups (broad SMARTS) is 1. The number of rotatable bonds is 7. The van der Waals surface area contributed by atoms with Gasteiger partial charge < -0.3 is 14.8 Å². The van der Waals surface area contributed by atoms with Gasteiger partial charge in [-0.15, -0.1) is 0 Å². The van der Waals surface area contributed by atoms with Gasteiger partial charge in [0.25, 0.3) is 0 Å². The second-order valence-electron chi connectivity index (χ2n) is 3.14. The van der Waals surface area contributed by atoms with Crippen LogP contribution in [0, 0.1) is 0 Å².